The number of hydrazine groups is 1. The van der Waals surface area contributed by atoms with Gasteiger partial charge in [-0.25, -0.2) is 10.2 Å². The van der Waals surface area contributed by atoms with Crippen molar-refractivity contribution in [3.63, 3.8) is 0 Å². The molecule has 0 saturated heterocycles. The third-order valence-corrected chi connectivity index (χ3v) is 2.58. The first-order valence-corrected chi connectivity index (χ1v) is 5.68. The Hall–Kier alpha value is -2.40. The zero-order chi connectivity index (χ0) is 13.7. The number of nitrogens with one attached hydrogen (secondary N) is 1. The second-order valence-corrected chi connectivity index (χ2v) is 3.88. The molecule has 0 atom stereocenters. The molecule has 3 N–H and O–H groups in total. The van der Waals surface area contributed by atoms with Crippen molar-refractivity contribution in [2.75, 3.05) is 0 Å². The zero-order valence-electron chi connectivity index (χ0n) is 10.1. The number of para-hydroxylation sites is 1. The molecule has 2 rings (SSSR count). The number of benzene rings is 2. The van der Waals surface area contributed by atoms with Crippen LogP contribution in [0.2, 0.25) is 0 Å². The van der Waals surface area contributed by atoms with Gasteiger partial charge in [-0.15, -0.1) is 0 Å². The summed E-state index contributed by atoms with van der Waals surface area (Å²) in [4.78, 5) is 11.4. The number of nitrogen functional groups attached to an aromatic ring is 1. The molecule has 2 aromatic rings. The smallest absolute Gasteiger partial charge is 0.265 e. The molecule has 0 spiro atoms. The first kappa shape index (κ1) is 13.0. The first-order valence-electron chi connectivity index (χ1n) is 5.68. The van der Waals surface area contributed by atoms with Gasteiger partial charge in [-0.1, -0.05) is 18.2 Å². The number of ether oxygens (including phenoxy) is 1. The second kappa shape index (κ2) is 5.97. The summed E-state index contributed by atoms with van der Waals surface area (Å²) in [6.45, 7) is 0.0432. The summed E-state index contributed by atoms with van der Waals surface area (Å²) in [7, 11) is 0. The molecule has 0 radical (unpaired) electrons. The van der Waals surface area contributed by atoms with Crippen LogP contribution >= 0.6 is 0 Å². The molecular weight excluding hydrogens is 247 g/mol. The molecule has 0 aliphatic heterocycles. The summed E-state index contributed by atoms with van der Waals surface area (Å²) < 4.78 is 19.0. The van der Waals surface area contributed by atoms with Crippen LogP contribution in [0.4, 0.5) is 4.39 Å². The van der Waals surface area contributed by atoms with Crippen LogP contribution in [0, 0.1) is 5.82 Å². The first-order chi connectivity index (χ1) is 9.20. The molecule has 98 valence electrons. The minimum Gasteiger partial charge on any atom is -0.489 e. The standard InChI is InChI=1S/C14H13FN2O2/c15-13-7-6-10(14(18)17-16)8-11(13)9-19-12-4-2-1-3-5-12/h1-8H,9,16H2,(H,17,18). The van der Waals surface area contributed by atoms with Gasteiger partial charge < -0.3 is 4.74 Å². The van der Waals surface area contributed by atoms with Crippen molar-refractivity contribution < 1.29 is 13.9 Å². The molecule has 0 aromatic heterocycles. The maximum absolute atomic E-state index is 13.6. The predicted molar refractivity (Wildman–Crippen MR) is 68.8 cm³/mol. The van der Waals surface area contributed by atoms with E-state index in [4.69, 9.17) is 10.6 Å². The average Bonchev–Trinajstić information content (AvgIpc) is 2.46. The largest absolute Gasteiger partial charge is 0.489 e. The van der Waals surface area contributed by atoms with E-state index in [0.717, 1.165) is 0 Å². The number of rotatable bonds is 4. The van der Waals surface area contributed by atoms with Crippen molar-refractivity contribution in [2.24, 2.45) is 5.84 Å². The number of amides is 1. The molecule has 0 aliphatic rings. The quantitative estimate of drug-likeness (QED) is 0.502. The van der Waals surface area contributed by atoms with Gasteiger partial charge in [-0.2, -0.15) is 0 Å². The Bertz CT molecular complexity index is 573. The SMILES string of the molecule is NNC(=O)c1ccc(F)c(COc2ccccc2)c1. The Labute approximate surface area is 110 Å². The normalized spacial score (nSPS) is 10.0. The molecule has 0 saturated carbocycles. The highest BCUT2D eigenvalue weighted by Crippen LogP contribution is 2.15. The van der Waals surface area contributed by atoms with Crippen LogP contribution in [-0.4, -0.2) is 5.91 Å². The lowest BCUT2D eigenvalue weighted by atomic mass is 10.1. The van der Waals surface area contributed by atoms with Crippen LogP contribution in [-0.2, 0) is 6.61 Å². The van der Waals surface area contributed by atoms with Crippen LogP contribution < -0.4 is 16.0 Å². The lowest BCUT2D eigenvalue weighted by Crippen LogP contribution is -2.30. The van der Waals surface area contributed by atoms with Crippen molar-refractivity contribution >= 4 is 5.91 Å². The van der Waals surface area contributed by atoms with E-state index in [2.05, 4.69) is 0 Å². The maximum Gasteiger partial charge on any atom is 0.265 e. The van der Waals surface area contributed by atoms with E-state index in [1.807, 2.05) is 23.6 Å². The minimum atomic E-state index is -0.471. The van der Waals surface area contributed by atoms with Gasteiger partial charge in [0, 0.05) is 11.1 Å². The maximum atomic E-state index is 13.6. The summed E-state index contributed by atoms with van der Waals surface area (Å²) in [5.41, 5.74) is 2.58. The fourth-order valence-corrected chi connectivity index (χ4v) is 1.59. The number of hydrogen-bond acceptors (Lipinski definition) is 3. The van der Waals surface area contributed by atoms with Gasteiger partial charge in [0.05, 0.1) is 0 Å². The topological polar surface area (TPSA) is 64.3 Å². The van der Waals surface area contributed by atoms with Crippen LogP contribution in [0.25, 0.3) is 0 Å². The van der Waals surface area contributed by atoms with E-state index in [9.17, 15) is 9.18 Å². The van der Waals surface area contributed by atoms with Gasteiger partial charge in [-0.05, 0) is 30.3 Å². The molecule has 0 unspecified atom stereocenters. The van der Waals surface area contributed by atoms with Gasteiger partial charge in [0.2, 0.25) is 0 Å². The number of nitrogens with two attached hydrogens (primary N) is 1. The third kappa shape index (κ3) is 3.29. The molecule has 1 amide bonds. The average molecular weight is 260 g/mol. The van der Waals surface area contributed by atoms with Crippen LogP contribution in [0.15, 0.2) is 48.5 Å². The monoisotopic (exact) mass is 260 g/mol. The lowest BCUT2D eigenvalue weighted by Gasteiger charge is -2.08. The Balaban J connectivity index is 2.13. The van der Waals surface area contributed by atoms with E-state index in [-0.39, 0.29) is 12.2 Å². The van der Waals surface area contributed by atoms with Gasteiger partial charge in [0.25, 0.3) is 5.91 Å². The van der Waals surface area contributed by atoms with Crippen molar-refractivity contribution in [3.8, 4) is 5.75 Å². The van der Waals surface area contributed by atoms with E-state index in [1.165, 1.54) is 18.2 Å². The molecular formula is C14H13FN2O2. The van der Waals surface area contributed by atoms with E-state index < -0.39 is 11.7 Å². The van der Waals surface area contributed by atoms with Crippen LogP contribution in [0.3, 0.4) is 0 Å². The minimum absolute atomic E-state index is 0.0432. The van der Waals surface area contributed by atoms with E-state index in [1.54, 1.807) is 12.1 Å². The number of halogens is 1. The highest BCUT2D eigenvalue weighted by molar-refractivity contribution is 5.93. The molecule has 0 fully saturated rings. The Morgan fingerprint density at radius 1 is 1.21 bits per heavy atom. The zero-order valence-corrected chi connectivity index (χ0v) is 10.1. The summed E-state index contributed by atoms with van der Waals surface area (Å²) in [5, 5.41) is 0. The van der Waals surface area contributed by atoms with Crippen molar-refractivity contribution in [1.82, 2.24) is 5.43 Å². The number of carbonyl (C=O) groups is 1. The molecule has 5 heteroatoms. The Morgan fingerprint density at radius 2 is 1.95 bits per heavy atom. The second-order valence-electron chi connectivity index (χ2n) is 3.88. The Morgan fingerprint density at radius 3 is 2.63 bits per heavy atom. The molecule has 19 heavy (non-hydrogen) atoms. The van der Waals surface area contributed by atoms with Crippen molar-refractivity contribution in [2.45, 2.75) is 6.61 Å². The van der Waals surface area contributed by atoms with E-state index >= 15 is 0 Å². The summed E-state index contributed by atoms with van der Waals surface area (Å²) >= 11 is 0. The molecule has 0 heterocycles. The van der Waals surface area contributed by atoms with Crippen LogP contribution in [0.1, 0.15) is 15.9 Å². The highest BCUT2D eigenvalue weighted by Gasteiger charge is 2.09. The number of hydrogen-bond donors (Lipinski definition) is 2. The summed E-state index contributed by atoms with van der Waals surface area (Å²) in [6, 6.07) is 13.1. The van der Waals surface area contributed by atoms with Gasteiger partial charge >= 0.3 is 0 Å². The van der Waals surface area contributed by atoms with Crippen molar-refractivity contribution in [3.05, 3.63) is 65.5 Å². The number of carbonyl (C=O) groups excluding carboxylic acids is 1. The third-order valence-electron chi connectivity index (χ3n) is 2.58. The van der Waals surface area contributed by atoms with Gasteiger partial charge in [0.15, 0.2) is 0 Å². The van der Waals surface area contributed by atoms with Crippen LogP contribution in [0.5, 0.6) is 5.75 Å². The molecule has 2 aromatic carbocycles. The molecule has 4 nitrogen and oxygen atoms in total. The summed E-state index contributed by atoms with van der Waals surface area (Å²) in [5.74, 6) is 4.77. The van der Waals surface area contributed by atoms with Gasteiger partial charge in [0.1, 0.15) is 18.2 Å². The molecule has 0 aliphatic carbocycles. The fraction of sp³-hybridized carbons (Fsp3) is 0.0714. The fourth-order valence-electron chi connectivity index (χ4n) is 1.59. The molecule has 0 bridgehead atoms. The van der Waals surface area contributed by atoms with Crippen molar-refractivity contribution in [1.29, 1.82) is 0 Å². The predicted octanol–water partition coefficient (Wildman–Crippen LogP) is 2.01. The highest BCUT2D eigenvalue weighted by atomic mass is 19.1. The summed E-state index contributed by atoms with van der Waals surface area (Å²) in [6.07, 6.45) is 0. The van der Waals surface area contributed by atoms with Gasteiger partial charge in [-0.3, -0.25) is 10.2 Å². The lowest BCUT2D eigenvalue weighted by molar-refractivity contribution is 0.0953. The Kier molecular flexibility index (Phi) is 4.10. The van der Waals surface area contributed by atoms with E-state index in [0.29, 0.717) is 11.3 Å².